The van der Waals surface area contributed by atoms with Crippen LogP contribution in [0.3, 0.4) is 0 Å². The van der Waals surface area contributed by atoms with Crippen LogP contribution >= 0.6 is 0 Å². The minimum atomic E-state index is -0.317. The Hall–Kier alpha value is -1.96. The predicted molar refractivity (Wildman–Crippen MR) is 92.1 cm³/mol. The Morgan fingerprint density at radius 2 is 1.43 bits per heavy atom. The third-order valence-corrected chi connectivity index (χ3v) is 3.94. The van der Waals surface area contributed by atoms with Gasteiger partial charge in [-0.2, -0.15) is 0 Å². The van der Waals surface area contributed by atoms with Crippen LogP contribution in [0.4, 0.5) is 5.69 Å². The third-order valence-electron chi connectivity index (χ3n) is 3.94. The van der Waals surface area contributed by atoms with E-state index in [1.165, 1.54) is 57.8 Å². The first kappa shape index (κ1) is 21.0. The average Bonchev–Trinajstić information content (AvgIpc) is 2.58. The molecule has 0 radical (unpaired) electrons. The van der Waals surface area contributed by atoms with E-state index < -0.39 is 0 Å². The third kappa shape index (κ3) is 11.3. The zero-order valence-corrected chi connectivity index (χ0v) is 14.2. The van der Waals surface area contributed by atoms with Gasteiger partial charge in [0.15, 0.2) is 0 Å². The van der Waals surface area contributed by atoms with Gasteiger partial charge in [0.2, 0.25) is 0 Å². The van der Waals surface area contributed by atoms with Crippen LogP contribution in [0.25, 0.3) is 0 Å². The smallest absolute Gasteiger partial charge is 0.258 e. The van der Waals surface area contributed by atoms with Crippen molar-refractivity contribution in [2.45, 2.75) is 77.6 Å². The van der Waals surface area contributed by atoms with Crippen LogP contribution in [0.2, 0.25) is 0 Å². The normalized spacial score (nSPS) is 9.87. The molecular weight excluding hydrogens is 290 g/mol. The fourth-order valence-electron chi connectivity index (χ4n) is 2.64. The molecule has 1 aromatic rings. The summed E-state index contributed by atoms with van der Waals surface area (Å²) < 4.78 is 0. The van der Waals surface area contributed by atoms with Crippen molar-refractivity contribution in [1.29, 1.82) is 10.8 Å². The number of nitrogens with zero attached hydrogens (tertiary/aromatic N) is 3. The van der Waals surface area contributed by atoms with E-state index in [9.17, 15) is 10.1 Å². The summed E-state index contributed by atoms with van der Waals surface area (Å²) in [7, 11) is 0. The number of non-ortho nitro benzene ring substituents is 1. The molecule has 0 amide bonds. The van der Waals surface area contributed by atoms with Crippen LogP contribution in [0.15, 0.2) is 24.3 Å². The van der Waals surface area contributed by atoms with E-state index in [4.69, 9.17) is 10.8 Å². The van der Waals surface area contributed by atoms with Crippen molar-refractivity contribution in [2.75, 3.05) is 0 Å². The Morgan fingerprint density at radius 3 is 1.96 bits per heavy atom. The maximum absolute atomic E-state index is 10.7. The second kappa shape index (κ2) is 15.0. The largest absolute Gasteiger partial charge is 0.269 e. The molecule has 0 saturated carbocycles. The summed E-state index contributed by atoms with van der Waals surface area (Å²) in [6.07, 6.45) is 14.2. The summed E-state index contributed by atoms with van der Waals surface area (Å²) in [5.41, 5.74) is 1.29. The number of nitro benzene ring substituents is 1. The minimum absolute atomic E-state index is 0.208. The molecule has 0 saturated heterocycles. The second-order valence-electron chi connectivity index (χ2n) is 5.86. The highest BCUT2D eigenvalue weighted by atomic mass is 16.6. The van der Waals surface area contributed by atoms with E-state index in [-0.39, 0.29) is 10.6 Å². The SMILES string of the molecule is CCCCCCCCCCCCc1cccc([N+](=O)[O-])c1.N#N. The fourth-order valence-corrected chi connectivity index (χ4v) is 2.64. The maximum Gasteiger partial charge on any atom is 0.269 e. The Balaban J connectivity index is 0.00000232. The Bertz CT molecular complexity index is 447. The van der Waals surface area contributed by atoms with Crippen molar-refractivity contribution in [1.82, 2.24) is 0 Å². The number of hydrogen-bond acceptors (Lipinski definition) is 4. The lowest BCUT2D eigenvalue weighted by atomic mass is 10.0. The summed E-state index contributed by atoms with van der Waals surface area (Å²) in [5, 5.41) is 22.7. The number of hydrogen-bond donors (Lipinski definition) is 0. The van der Waals surface area contributed by atoms with Gasteiger partial charge in [-0.05, 0) is 18.4 Å². The minimum Gasteiger partial charge on any atom is -0.258 e. The first-order chi connectivity index (χ1) is 11.2. The van der Waals surface area contributed by atoms with Gasteiger partial charge in [-0.25, -0.2) is 0 Å². The molecule has 0 bridgehead atoms. The lowest BCUT2D eigenvalue weighted by Crippen LogP contribution is -1.91. The molecule has 1 rings (SSSR count). The van der Waals surface area contributed by atoms with Crippen molar-refractivity contribution in [3.05, 3.63) is 39.9 Å². The number of nitro groups is 1. The highest BCUT2D eigenvalue weighted by Crippen LogP contribution is 2.16. The fraction of sp³-hybridized carbons (Fsp3) is 0.667. The number of rotatable bonds is 12. The van der Waals surface area contributed by atoms with Gasteiger partial charge in [-0.1, -0.05) is 76.8 Å². The molecule has 1 aromatic carbocycles. The number of benzene rings is 1. The highest BCUT2D eigenvalue weighted by molar-refractivity contribution is 5.34. The van der Waals surface area contributed by atoms with Gasteiger partial charge in [0.1, 0.15) is 0 Å². The van der Waals surface area contributed by atoms with Gasteiger partial charge < -0.3 is 0 Å². The van der Waals surface area contributed by atoms with E-state index >= 15 is 0 Å². The first-order valence-electron chi connectivity index (χ1n) is 8.67. The van der Waals surface area contributed by atoms with Crippen molar-refractivity contribution < 1.29 is 4.92 Å². The van der Waals surface area contributed by atoms with Gasteiger partial charge in [0.25, 0.3) is 5.69 Å². The predicted octanol–water partition coefficient (Wildman–Crippen LogP) is 6.09. The number of unbranched alkanes of at least 4 members (excludes halogenated alkanes) is 9. The molecule has 0 unspecified atom stereocenters. The second-order valence-corrected chi connectivity index (χ2v) is 5.86. The van der Waals surface area contributed by atoms with Gasteiger partial charge in [-0.15, -0.1) is 0 Å². The van der Waals surface area contributed by atoms with Gasteiger partial charge >= 0.3 is 0 Å². The molecule has 0 aromatic heterocycles. The van der Waals surface area contributed by atoms with E-state index in [0.29, 0.717) is 0 Å². The Kier molecular flexibility index (Phi) is 13.7. The summed E-state index contributed by atoms with van der Waals surface area (Å²) in [6, 6.07) is 7.03. The molecule has 0 fully saturated rings. The van der Waals surface area contributed by atoms with E-state index in [2.05, 4.69) is 6.92 Å². The van der Waals surface area contributed by atoms with Crippen molar-refractivity contribution >= 4 is 5.69 Å². The zero-order chi connectivity index (χ0) is 17.3. The lowest BCUT2D eigenvalue weighted by molar-refractivity contribution is -0.384. The van der Waals surface area contributed by atoms with Crippen LogP contribution < -0.4 is 0 Å². The van der Waals surface area contributed by atoms with Gasteiger partial charge in [0, 0.05) is 22.9 Å². The van der Waals surface area contributed by atoms with Crippen molar-refractivity contribution in [2.24, 2.45) is 0 Å². The van der Waals surface area contributed by atoms with E-state index in [1.54, 1.807) is 18.2 Å². The molecule has 0 atom stereocenters. The molecule has 5 nitrogen and oxygen atoms in total. The standard InChI is InChI=1S/C18H29NO2.N2/c1-2-3-4-5-6-7-8-9-10-11-13-17-14-12-15-18(16-17)19(20)21;1-2/h12,14-16H,2-11,13H2,1H3;. The van der Waals surface area contributed by atoms with E-state index in [1.807, 2.05) is 6.07 Å². The molecule has 0 heterocycles. The topological polar surface area (TPSA) is 90.7 Å². The summed E-state index contributed by atoms with van der Waals surface area (Å²) in [4.78, 5) is 10.4. The lowest BCUT2D eigenvalue weighted by Gasteiger charge is -2.03. The van der Waals surface area contributed by atoms with Gasteiger partial charge in [-0.3, -0.25) is 10.1 Å². The van der Waals surface area contributed by atoms with Crippen LogP contribution in [0, 0.1) is 20.9 Å². The molecular formula is C18H29N3O2. The zero-order valence-electron chi connectivity index (χ0n) is 14.2. The monoisotopic (exact) mass is 319 g/mol. The Morgan fingerprint density at radius 1 is 0.913 bits per heavy atom. The number of aryl methyl sites for hydroxylation is 1. The molecule has 5 heteroatoms. The molecule has 23 heavy (non-hydrogen) atoms. The highest BCUT2D eigenvalue weighted by Gasteiger charge is 2.05. The maximum atomic E-state index is 10.7. The summed E-state index contributed by atoms with van der Waals surface area (Å²) >= 11 is 0. The first-order valence-corrected chi connectivity index (χ1v) is 8.67. The molecule has 128 valence electrons. The average molecular weight is 319 g/mol. The van der Waals surface area contributed by atoms with Gasteiger partial charge in [0.05, 0.1) is 4.92 Å². The van der Waals surface area contributed by atoms with E-state index in [0.717, 1.165) is 18.4 Å². The Labute approximate surface area is 139 Å². The molecule has 0 aliphatic rings. The molecule has 0 spiro atoms. The van der Waals surface area contributed by atoms with Crippen molar-refractivity contribution in [3.8, 4) is 0 Å². The van der Waals surface area contributed by atoms with Crippen LogP contribution in [-0.4, -0.2) is 4.92 Å². The van der Waals surface area contributed by atoms with Crippen LogP contribution in [-0.2, 0) is 6.42 Å². The van der Waals surface area contributed by atoms with Crippen LogP contribution in [0.5, 0.6) is 0 Å². The van der Waals surface area contributed by atoms with Crippen molar-refractivity contribution in [3.63, 3.8) is 0 Å². The summed E-state index contributed by atoms with van der Waals surface area (Å²) in [6.45, 7) is 2.25. The molecule has 0 aliphatic heterocycles. The summed E-state index contributed by atoms with van der Waals surface area (Å²) in [5.74, 6) is 0. The molecule has 0 N–H and O–H groups in total. The molecule has 0 aliphatic carbocycles. The van der Waals surface area contributed by atoms with Crippen LogP contribution in [0.1, 0.15) is 76.7 Å². The quantitative estimate of drug-likeness (QED) is 0.202.